The van der Waals surface area contributed by atoms with Gasteiger partial charge >= 0.3 is 0 Å². The number of nitrogens with zero attached hydrogens (tertiary/aromatic N) is 3. The van der Waals surface area contributed by atoms with Crippen molar-refractivity contribution in [3.63, 3.8) is 0 Å². The number of nitrogens with two attached hydrogens (primary N) is 1. The van der Waals surface area contributed by atoms with Gasteiger partial charge in [-0.3, -0.25) is 0 Å². The van der Waals surface area contributed by atoms with Crippen molar-refractivity contribution in [2.45, 2.75) is 39.7 Å². The topological polar surface area (TPSA) is 68.2 Å². The molecule has 0 aliphatic rings. The van der Waals surface area contributed by atoms with Crippen LogP contribution in [0, 0.1) is 0 Å². The quantitative estimate of drug-likeness (QED) is 0.767. The van der Waals surface area contributed by atoms with E-state index in [1.54, 1.807) is 0 Å². The molecule has 0 amide bonds. The van der Waals surface area contributed by atoms with E-state index in [0.29, 0.717) is 18.3 Å². The van der Waals surface area contributed by atoms with Crippen LogP contribution in [0.4, 0.5) is 5.95 Å². The van der Waals surface area contributed by atoms with Gasteiger partial charge in [-0.15, -0.1) is 0 Å². The highest BCUT2D eigenvalue weighted by atomic mass is 16.5. The summed E-state index contributed by atoms with van der Waals surface area (Å²) < 4.78 is 5.14. The zero-order chi connectivity index (χ0) is 11.3. The van der Waals surface area contributed by atoms with Crippen LogP contribution in [-0.2, 0) is 6.42 Å². The first-order chi connectivity index (χ1) is 7.21. The molecule has 1 aromatic rings. The molecule has 1 aromatic heterocycles. The maximum atomic E-state index is 5.81. The van der Waals surface area contributed by atoms with Crippen molar-refractivity contribution in [3.8, 4) is 0 Å². The molecule has 0 radical (unpaired) electrons. The van der Waals surface area contributed by atoms with Gasteiger partial charge < -0.3 is 15.2 Å². The first-order valence-corrected chi connectivity index (χ1v) is 5.54. The van der Waals surface area contributed by atoms with E-state index in [4.69, 9.17) is 10.3 Å². The van der Waals surface area contributed by atoms with Gasteiger partial charge in [-0.05, 0) is 25.4 Å². The van der Waals surface area contributed by atoms with E-state index >= 15 is 0 Å². The number of rotatable bonds is 6. The average Bonchev–Trinajstić information content (AvgIpc) is 2.68. The molecule has 0 spiro atoms. The minimum atomic E-state index is 0.106. The Kier molecular flexibility index (Phi) is 4.55. The summed E-state index contributed by atoms with van der Waals surface area (Å²) in [7, 11) is 0. The second-order valence-electron chi connectivity index (χ2n) is 3.53. The van der Waals surface area contributed by atoms with E-state index in [2.05, 4.69) is 24.0 Å². The average molecular weight is 212 g/mol. The summed E-state index contributed by atoms with van der Waals surface area (Å²) in [4.78, 5) is 6.35. The van der Waals surface area contributed by atoms with Gasteiger partial charge in [-0.25, -0.2) is 0 Å². The van der Waals surface area contributed by atoms with E-state index in [0.717, 1.165) is 19.5 Å². The van der Waals surface area contributed by atoms with Crippen LogP contribution in [0.1, 0.15) is 33.1 Å². The molecule has 1 heterocycles. The Morgan fingerprint density at radius 1 is 1.33 bits per heavy atom. The zero-order valence-electron chi connectivity index (χ0n) is 9.73. The van der Waals surface area contributed by atoms with E-state index in [1.165, 1.54) is 0 Å². The molecule has 15 heavy (non-hydrogen) atoms. The molecular formula is C10H20N4O. The third-order valence-electron chi connectivity index (χ3n) is 2.46. The Balaban J connectivity index is 2.63. The molecule has 1 atom stereocenters. The summed E-state index contributed by atoms with van der Waals surface area (Å²) in [5.74, 6) is 1.30. The maximum Gasteiger partial charge on any atom is 0.266 e. The predicted octanol–water partition coefficient (Wildman–Crippen LogP) is 1.20. The molecule has 2 N–H and O–H groups in total. The van der Waals surface area contributed by atoms with Gasteiger partial charge in [-0.2, -0.15) is 4.98 Å². The Morgan fingerprint density at radius 2 is 2.00 bits per heavy atom. The monoisotopic (exact) mass is 212 g/mol. The van der Waals surface area contributed by atoms with E-state index in [9.17, 15) is 0 Å². The van der Waals surface area contributed by atoms with Gasteiger partial charge in [0.25, 0.3) is 5.95 Å². The van der Waals surface area contributed by atoms with Crippen molar-refractivity contribution in [2.24, 2.45) is 5.73 Å². The molecule has 0 saturated carbocycles. The van der Waals surface area contributed by atoms with Gasteiger partial charge in [0.15, 0.2) is 0 Å². The molecule has 1 unspecified atom stereocenters. The summed E-state index contributed by atoms with van der Waals surface area (Å²) in [5, 5.41) is 3.93. The lowest BCUT2D eigenvalue weighted by Gasteiger charge is -2.14. The summed E-state index contributed by atoms with van der Waals surface area (Å²) in [6.45, 7) is 7.95. The molecule has 0 aliphatic heterocycles. The number of anilines is 1. The van der Waals surface area contributed by atoms with Crippen LogP contribution in [0.2, 0.25) is 0 Å². The molecular weight excluding hydrogens is 192 g/mol. The predicted molar refractivity (Wildman–Crippen MR) is 59.8 cm³/mol. The van der Waals surface area contributed by atoms with Gasteiger partial charge in [0.1, 0.15) is 0 Å². The molecule has 0 fully saturated rings. The highest BCUT2D eigenvalue weighted by Crippen LogP contribution is 2.10. The summed E-state index contributed by atoms with van der Waals surface area (Å²) in [5.41, 5.74) is 5.81. The van der Waals surface area contributed by atoms with Crippen molar-refractivity contribution in [1.82, 2.24) is 10.1 Å². The molecule has 5 heteroatoms. The molecule has 0 aromatic carbocycles. The van der Waals surface area contributed by atoms with Gasteiger partial charge in [0, 0.05) is 25.6 Å². The fourth-order valence-electron chi connectivity index (χ4n) is 1.33. The van der Waals surface area contributed by atoms with Crippen molar-refractivity contribution >= 4 is 5.95 Å². The fraction of sp³-hybridized carbons (Fsp3) is 0.800. The Labute approximate surface area is 90.6 Å². The van der Waals surface area contributed by atoms with Crippen LogP contribution in [-0.4, -0.2) is 29.3 Å². The summed E-state index contributed by atoms with van der Waals surface area (Å²) in [6.07, 6.45) is 1.58. The zero-order valence-corrected chi connectivity index (χ0v) is 9.73. The second kappa shape index (κ2) is 5.70. The molecule has 1 rings (SSSR count). The fourth-order valence-corrected chi connectivity index (χ4v) is 1.33. The lowest BCUT2D eigenvalue weighted by atomic mass is 10.2. The van der Waals surface area contributed by atoms with Crippen molar-refractivity contribution < 1.29 is 4.52 Å². The van der Waals surface area contributed by atoms with Gasteiger partial charge in [0.2, 0.25) is 5.89 Å². The van der Waals surface area contributed by atoms with Crippen LogP contribution >= 0.6 is 0 Å². The third-order valence-corrected chi connectivity index (χ3v) is 2.46. The largest absolute Gasteiger partial charge is 0.339 e. The highest BCUT2D eigenvalue weighted by Gasteiger charge is 2.12. The van der Waals surface area contributed by atoms with E-state index in [1.807, 2.05) is 11.8 Å². The van der Waals surface area contributed by atoms with Crippen molar-refractivity contribution in [3.05, 3.63) is 5.89 Å². The normalized spacial score (nSPS) is 12.8. The van der Waals surface area contributed by atoms with Crippen LogP contribution in [0.25, 0.3) is 0 Å². The second-order valence-corrected chi connectivity index (χ2v) is 3.53. The number of aromatic nitrogens is 2. The molecule has 0 aliphatic carbocycles. The maximum absolute atomic E-state index is 5.81. The minimum absolute atomic E-state index is 0.106. The van der Waals surface area contributed by atoms with Crippen LogP contribution in [0.15, 0.2) is 4.52 Å². The standard InChI is InChI=1S/C10H20N4O/c1-4-8(11)7-9-12-10(13-15-9)14(5-2)6-3/h8H,4-7,11H2,1-3H3. The van der Waals surface area contributed by atoms with Crippen LogP contribution in [0.5, 0.6) is 0 Å². The first-order valence-electron chi connectivity index (χ1n) is 5.54. The molecule has 5 nitrogen and oxygen atoms in total. The Morgan fingerprint density at radius 3 is 2.53 bits per heavy atom. The smallest absolute Gasteiger partial charge is 0.266 e. The lowest BCUT2D eigenvalue weighted by Crippen LogP contribution is -2.23. The van der Waals surface area contributed by atoms with Crippen molar-refractivity contribution in [2.75, 3.05) is 18.0 Å². The van der Waals surface area contributed by atoms with Crippen LogP contribution in [0.3, 0.4) is 0 Å². The third kappa shape index (κ3) is 3.20. The molecule has 86 valence electrons. The summed E-state index contributed by atoms with van der Waals surface area (Å²) in [6, 6.07) is 0.106. The first kappa shape index (κ1) is 12.0. The summed E-state index contributed by atoms with van der Waals surface area (Å²) >= 11 is 0. The number of hydrogen-bond acceptors (Lipinski definition) is 5. The SMILES string of the molecule is CCC(N)Cc1nc(N(CC)CC)no1. The lowest BCUT2D eigenvalue weighted by molar-refractivity contribution is 0.366. The molecule has 0 bridgehead atoms. The Bertz CT molecular complexity index is 283. The van der Waals surface area contributed by atoms with Crippen molar-refractivity contribution in [1.29, 1.82) is 0 Å². The van der Waals surface area contributed by atoms with Gasteiger partial charge in [0.05, 0.1) is 0 Å². The number of hydrogen-bond donors (Lipinski definition) is 1. The Hall–Kier alpha value is -1.10. The minimum Gasteiger partial charge on any atom is -0.339 e. The van der Waals surface area contributed by atoms with Crippen LogP contribution < -0.4 is 10.6 Å². The highest BCUT2D eigenvalue weighted by molar-refractivity contribution is 5.26. The van der Waals surface area contributed by atoms with Gasteiger partial charge in [-0.1, -0.05) is 6.92 Å². The van der Waals surface area contributed by atoms with E-state index < -0.39 is 0 Å². The molecule has 0 saturated heterocycles. The van der Waals surface area contributed by atoms with E-state index in [-0.39, 0.29) is 6.04 Å².